The summed E-state index contributed by atoms with van der Waals surface area (Å²) < 4.78 is 18.0. The molecule has 0 saturated carbocycles. The van der Waals surface area contributed by atoms with Crippen LogP contribution in [0.3, 0.4) is 0 Å². The number of rotatable bonds is 5. The van der Waals surface area contributed by atoms with Crippen molar-refractivity contribution in [3.8, 4) is 5.75 Å². The second kappa shape index (κ2) is 7.08. The number of hydrogen-bond acceptors (Lipinski definition) is 3. The molecule has 1 N–H and O–H groups in total. The number of carbonyl (C=O) groups is 1. The fourth-order valence-electron chi connectivity index (χ4n) is 2.61. The molecule has 0 aromatic heterocycles. The molecular formula is C18H17Cl2NO3S. The van der Waals surface area contributed by atoms with Crippen molar-refractivity contribution in [1.29, 1.82) is 0 Å². The second-order valence-electron chi connectivity index (χ2n) is 6.26. The fourth-order valence-corrected chi connectivity index (χ4v) is 3.91. The van der Waals surface area contributed by atoms with Crippen LogP contribution in [0.2, 0.25) is 10.0 Å². The third kappa shape index (κ3) is 3.75. The summed E-state index contributed by atoms with van der Waals surface area (Å²) in [6, 6.07) is 10.4. The van der Waals surface area contributed by atoms with Crippen molar-refractivity contribution >= 4 is 46.0 Å². The molecule has 1 amide bonds. The van der Waals surface area contributed by atoms with E-state index in [-0.39, 0.29) is 12.5 Å². The zero-order chi connectivity index (χ0) is 18.2. The first-order chi connectivity index (χ1) is 11.8. The van der Waals surface area contributed by atoms with E-state index in [9.17, 15) is 9.35 Å². The Bertz CT molecular complexity index is 826. The average molecular weight is 398 g/mol. The van der Waals surface area contributed by atoms with Gasteiger partial charge < -0.3 is 14.6 Å². The molecular weight excluding hydrogens is 381 g/mol. The zero-order valence-corrected chi connectivity index (χ0v) is 16.1. The van der Waals surface area contributed by atoms with Crippen molar-refractivity contribution in [1.82, 2.24) is 0 Å². The van der Waals surface area contributed by atoms with E-state index in [1.54, 1.807) is 24.3 Å². The Labute approximate surface area is 159 Å². The van der Waals surface area contributed by atoms with Crippen LogP contribution in [0.1, 0.15) is 19.4 Å². The third-order valence-corrected chi connectivity index (χ3v) is 6.23. The van der Waals surface area contributed by atoms with Crippen LogP contribution in [0.15, 0.2) is 41.3 Å². The fraction of sp³-hybridized carbons (Fsp3) is 0.278. The zero-order valence-electron chi connectivity index (χ0n) is 13.8. The number of ether oxygens (including phenoxy) is 1. The van der Waals surface area contributed by atoms with Crippen molar-refractivity contribution in [2.24, 2.45) is 0 Å². The molecule has 0 saturated heterocycles. The Kier molecular flexibility index (Phi) is 5.21. The maximum absolute atomic E-state index is 12.3. The van der Waals surface area contributed by atoms with E-state index >= 15 is 0 Å². The van der Waals surface area contributed by atoms with E-state index in [2.05, 4.69) is 5.32 Å². The summed E-state index contributed by atoms with van der Waals surface area (Å²) in [6.45, 7) is 4.03. The minimum Gasteiger partial charge on any atom is -0.611 e. The highest BCUT2D eigenvalue weighted by Gasteiger charge is 2.38. The van der Waals surface area contributed by atoms with Gasteiger partial charge in [-0.1, -0.05) is 23.2 Å². The molecule has 4 nitrogen and oxygen atoms in total. The number of amides is 1. The van der Waals surface area contributed by atoms with Crippen LogP contribution in [0.25, 0.3) is 0 Å². The van der Waals surface area contributed by atoms with E-state index in [0.29, 0.717) is 26.4 Å². The maximum atomic E-state index is 12.3. The van der Waals surface area contributed by atoms with Gasteiger partial charge in [0.25, 0.3) is 0 Å². The van der Waals surface area contributed by atoms with Gasteiger partial charge in [0, 0.05) is 11.8 Å². The molecule has 0 spiro atoms. The number of benzene rings is 2. The first-order valence-corrected chi connectivity index (χ1v) is 9.79. The quantitative estimate of drug-likeness (QED) is 0.759. The van der Waals surface area contributed by atoms with E-state index in [1.165, 1.54) is 0 Å². The highest BCUT2D eigenvalue weighted by molar-refractivity contribution is 7.91. The van der Waals surface area contributed by atoms with Gasteiger partial charge in [0.15, 0.2) is 4.90 Å². The minimum absolute atomic E-state index is 0.0274. The molecule has 0 radical (unpaired) electrons. The predicted molar refractivity (Wildman–Crippen MR) is 101 cm³/mol. The van der Waals surface area contributed by atoms with Crippen LogP contribution >= 0.6 is 23.2 Å². The lowest BCUT2D eigenvalue weighted by atomic mass is 9.86. The van der Waals surface area contributed by atoms with Crippen molar-refractivity contribution in [3.05, 3.63) is 52.0 Å². The Morgan fingerprint density at radius 1 is 1.16 bits per heavy atom. The standard InChI is InChI=1S/C18H17Cl2NO3S/c1-18(2)13-9-11(3-6-16(13)21-17(18)22)24-7-8-25(23)12-4-5-14(19)15(20)10-12/h3-6,9-10H,7-8H2,1-2H3,(H,21,22). The van der Waals surface area contributed by atoms with E-state index < -0.39 is 16.6 Å². The molecule has 2 aromatic carbocycles. The molecule has 2 aromatic rings. The van der Waals surface area contributed by atoms with Gasteiger partial charge in [0.2, 0.25) is 5.91 Å². The number of anilines is 1. The average Bonchev–Trinajstić information content (AvgIpc) is 2.79. The molecule has 1 aliphatic rings. The van der Waals surface area contributed by atoms with Gasteiger partial charge in [-0.15, -0.1) is 0 Å². The van der Waals surface area contributed by atoms with E-state index in [4.69, 9.17) is 27.9 Å². The summed E-state index contributed by atoms with van der Waals surface area (Å²) in [5.74, 6) is 0.949. The molecule has 1 aliphatic heterocycles. The molecule has 132 valence electrons. The molecule has 1 atom stereocenters. The lowest BCUT2D eigenvalue weighted by Crippen LogP contribution is -2.26. The molecule has 0 fully saturated rings. The van der Waals surface area contributed by atoms with Gasteiger partial charge in [0.1, 0.15) is 18.1 Å². The molecule has 0 aliphatic carbocycles. The minimum atomic E-state index is -1.23. The van der Waals surface area contributed by atoms with Crippen LogP contribution in [0, 0.1) is 0 Å². The van der Waals surface area contributed by atoms with Crippen LogP contribution in [0.4, 0.5) is 5.69 Å². The first kappa shape index (κ1) is 18.4. The Morgan fingerprint density at radius 2 is 1.92 bits per heavy atom. The van der Waals surface area contributed by atoms with Crippen molar-refractivity contribution in [2.75, 3.05) is 17.7 Å². The molecule has 7 heteroatoms. The summed E-state index contributed by atoms with van der Waals surface area (Å²) in [6.07, 6.45) is 0. The Balaban J connectivity index is 1.62. The van der Waals surface area contributed by atoms with E-state index in [0.717, 1.165) is 11.3 Å². The van der Waals surface area contributed by atoms with Crippen molar-refractivity contribution in [3.63, 3.8) is 0 Å². The third-order valence-electron chi connectivity index (χ3n) is 4.17. The summed E-state index contributed by atoms with van der Waals surface area (Å²) >= 11 is 10.6. The molecule has 1 heterocycles. The normalized spacial score (nSPS) is 16.3. The molecule has 1 unspecified atom stereocenters. The smallest absolute Gasteiger partial charge is 0.234 e. The summed E-state index contributed by atoms with van der Waals surface area (Å²) in [4.78, 5) is 12.6. The number of fused-ring (bicyclic) bond motifs is 1. The molecule has 0 bridgehead atoms. The maximum Gasteiger partial charge on any atom is 0.234 e. The first-order valence-electron chi connectivity index (χ1n) is 7.71. The van der Waals surface area contributed by atoms with Gasteiger partial charge in [-0.2, -0.15) is 0 Å². The van der Waals surface area contributed by atoms with Gasteiger partial charge >= 0.3 is 0 Å². The Hall–Kier alpha value is -1.40. The van der Waals surface area contributed by atoms with Crippen molar-refractivity contribution < 1.29 is 14.1 Å². The summed E-state index contributed by atoms with van der Waals surface area (Å²) in [5, 5.41) is 3.67. The van der Waals surface area contributed by atoms with Crippen LogP contribution in [0.5, 0.6) is 5.75 Å². The lowest BCUT2D eigenvalue weighted by molar-refractivity contribution is -0.119. The van der Waals surface area contributed by atoms with Gasteiger partial charge in [-0.25, -0.2) is 0 Å². The summed E-state index contributed by atoms with van der Waals surface area (Å²) in [5.41, 5.74) is 1.12. The largest absolute Gasteiger partial charge is 0.611 e. The lowest BCUT2D eigenvalue weighted by Gasteiger charge is -2.16. The monoisotopic (exact) mass is 397 g/mol. The highest BCUT2D eigenvalue weighted by Crippen LogP contribution is 2.39. The van der Waals surface area contributed by atoms with Crippen molar-refractivity contribution in [2.45, 2.75) is 24.2 Å². The van der Waals surface area contributed by atoms with Gasteiger partial charge in [0.05, 0.1) is 15.5 Å². The number of nitrogens with one attached hydrogen (secondary N) is 1. The number of halogens is 2. The number of hydrogen-bond donors (Lipinski definition) is 1. The van der Waals surface area contributed by atoms with Gasteiger partial charge in [-0.05, 0) is 60.9 Å². The summed E-state index contributed by atoms with van der Waals surface area (Å²) in [7, 11) is 0. The van der Waals surface area contributed by atoms with Crippen LogP contribution < -0.4 is 10.1 Å². The van der Waals surface area contributed by atoms with E-state index in [1.807, 2.05) is 26.0 Å². The second-order valence-corrected chi connectivity index (χ2v) is 8.65. The van der Waals surface area contributed by atoms with Crippen LogP contribution in [-0.4, -0.2) is 22.8 Å². The highest BCUT2D eigenvalue weighted by atomic mass is 35.5. The van der Waals surface area contributed by atoms with Crippen LogP contribution in [-0.2, 0) is 21.4 Å². The number of carbonyl (C=O) groups excluding carboxylic acids is 1. The SMILES string of the molecule is CC1(C)C(=O)Nc2ccc(OCC[S+]([O-])c3ccc(Cl)c(Cl)c3)cc21. The topological polar surface area (TPSA) is 61.4 Å². The molecule has 3 rings (SSSR count). The van der Waals surface area contributed by atoms with Gasteiger partial charge in [-0.3, -0.25) is 4.79 Å². The predicted octanol–water partition coefficient (Wildman–Crippen LogP) is 4.41. The Morgan fingerprint density at radius 3 is 2.64 bits per heavy atom. The molecule has 25 heavy (non-hydrogen) atoms.